The summed E-state index contributed by atoms with van der Waals surface area (Å²) in [5, 5.41) is 8.72. The van der Waals surface area contributed by atoms with Gasteiger partial charge >= 0.3 is 0 Å². The van der Waals surface area contributed by atoms with Crippen LogP contribution in [-0.4, -0.2) is 11.2 Å². The molecule has 1 atom stereocenters. The summed E-state index contributed by atoms with van der Waals surface area (Å²) in [4.78, 5) is 0. The second-order valence-corrected chi connectivity index (χ2v) is 2.48. The van der Waals surface area contributed by atoms with Gasteiger partial charge < -0.3 is 5.11 Å². The molecule has 1 N–H and O–H groups in total. The first kappa shape index (κ1) is 11.5. The molecule has 0 saturated heterocycles. The molecule has 0 saturated carbocycles. The Balaban J connectivity index is 0. The Kier molecular flexibility index (Phi) is 8.32. The van der Waals surface area contributed by atoms with E-state index in [0.29, 0.717) is 5.92 Å². The van der Waals surface area contributed by atoms with Crippen molar-refractivity contribution in [3.05, 3.63) is 0 Å². The average Bonchev–Trinajstić information content (AvgIpc) is 1.27. The molecule has 0 aromatic carbocycles. The molecule has 0 aliphatic carbocycles. The maximum absolute atomic E-state index is 8.72. The molecule has 0 aromatic heterocycles. The average molecular weight is 150 g/mol. The number of aliphatic hydroxyl groups is 1. The molecule has 0 heterocycles. The van der Waals surface area contributed by atoms with Crippen molar-refractivity contribution in [3.63, 3.8) is 0 Å². The van der Waals surface area contributed by atoms with Crippen molar-refractivity contribution >= 4 is 0 Å². The fraction of sp³-hybridized carbons (Fsp3) is 1.00. The zero-order chi connectivity index (χ0) is 5.86. The van der Waals surface area contributed by atoms with E-state index in [1.807, 2.05) is 6.92 Å². The molecule has 2 heteroatoms. The van der Waals surface area contributed by atoms with Crippen LogP contribution in [0.2, 0.25) is 0 Å². The molecule has 0 aromatic rings. The van der Waals surface area contributed by atoms with E-state index in [9.17, 15) is 0 Å². The van der Waals surface area contributed by atoms with Gasteiger partial charge in [0.2, 0.25) is 0 Å². The molecule has 48 valence electrons. The number of hydrogen-bond acceptors (Lipinski definition) is 1. The molecule has 1 nitrogen and oxygen atoms in total. The predicted molar refractivity (Wildman–Crippen MR) is 31.1 cm³/mol. The Labute approximate surface area is 66.4 Å². The van der Waals surface area contributed by atoms with Crippen molar-refractivity contribution < 1.29 is 26.8 Å². The van der Waals surface area contributed by atoms with Gasteiger partial charge in [-0.2, -0.15) is 0 Å². The summed E-state index contributed by atoms with van der Waals surface area (Å²) in [5.74, 6) is 0.625. The topological polar surface area (TPSA) is 20.2 Å². The van der Waals surface area contributed by atoms with Crippen molar-refractivity contribution in [2.45, 2.75) is 33.3 Å². The molecular weight excluding hydrogens is 136 g/mol. The summed E-state index contributed by atoms with van der Waals surface area (Å²) in [6, 6.07) is 0. The van der Waals surface area contributed by atoms with E-state index in [1.54, 1.807) is 0 Å². The first-order valence-corrected chi connectivity index (χ1v) is 2.81. The van der Waals surface area contributed by atoms with Crippen molar-refractivity contribution in [3.8, 4) is 0 Å². The van der Waals surface area contributed by atoms with Crippen LogP contribution in [0.1, 0.15) is 27.2 Å². The van der Waals surface area contributed by atoms with Crippen LogP contribution >= 0.6 is 0 Å². The van der Waals surface area contributed by atoms with Crippen LogP contribution in [0.5, 0.6) is 0 Å². The largest absolute Gasteiger partial charge is 0.393 e. The van der Waals surface area contributed by atoms with Crippen LogP contribution in [0.25, 0.3) is 0 Å². The minimum atomic E-state index is -0.125. The van der Waals surface area contributed by atoms with Gasteiger partial charge in [-0.1, -0.05) is 13.8 Å². The van der Waals surface area contributed by atoms with Gasteiger partial charge in [-0.15, -0.1) is 0 Å². The summed E-state index contributed by atoms with van der Waals surface area (Å²) in [5.41, 5.74) is 0. The number of hydrogen-bond donors (Lipinski definition) is 1. The third-order valence-corrected chi connectivity index (χ3v) is 0.813. The second-order valence-electron chi connectivity index (χ2n) is 2.48. The third kappa shape index (κ3) is 9.84. The first-order valence-electron chi connectivity index (χ1n) is 2.81. The summed E-state index contributed by atoms with van der Waals surface area (Å²) in [6.07, 6.45) is 0.792. The summed E-state index contributed by atoms with van der Waals surface area (Å²) in [6.45, 7) is 6.03. The Morgan fingerprint density at radius 2 is 1.62 bits per heavy atom. The van der Waals surface area contributed by atoms with Gasteiger partial charge in [0.1, 0.15) is 0 Å². The van der Waals surface area contributed by atoms with Gasteiger partial charge in [0, 0.05) is 21.7 Å². The normalized spacial score (nSPS) is 13.1. The molecule has 0 radical (unpaired) electrons. The Morgan fingerprint density at radius 3 is 1.62 bits per heavy atom. The fourth-order valence-corrected chi connectivity index (χ4v) is 0.682. The zero-order valence-corrected chi connectivity index (χ0v) is 7.37. The fourth-order valence-electron chi connectivity index (χ4n) is 0.682. The Hall–Kier alpha value is 0.674. The van der Waals surface area contributed by atoms with Gasteiger partial charge in [-0.25, -0.2) is 0 Å². The van der Waals surface area contributed by atoms with E-state index in [2.05, 4.69) is 13.8 Å². The smallest absolute Gasteiger partial charge is 0.0514 e. The quantitative estimate of drug-likeness (QED) is 0.590. The number of rotatable bonds is 2. The van der Waals surface area contributed by atoms with Gasteiger partial charge in [0.25, 0.3) is 0 Å². The van der Waals surface area contributed by atoms with E-state index in [0.717, 1.165) is 6.42 Å². The molecule has 0 fully saturated rings. The second kappa shape index (κ2) is 5.80. The molecule has 0 amide bonds. The molecule has 0 rings (SSSR count). The van der Waals surface area contributed by atoms with E-state index in [1.165, 1.54) is 0 Å². The molecule has 0 bridgehead atoms. The predicted octanol–water partition coefficient (Wildman–Crippen LogP) is 1.41. The molecule has 0 aliphatic heterocycles. The Bertz CT molecular complexity index is 37.8. The minimum absolute atomic E-state index is 0. The van der Waals surface area contributed by atoms with Crippen LogP contribution in [0.4, 0.5) is 0 Å². The maximum Gasteiger partial charge on any atom is 0.0514 e. The summed E-state index contributed by atoms with van der Waals surface area (Å²) in [7, 11) is 0. The SMILES string of the molecule is CC(C)CC(C)O.[Ti]. The van der Waals surface area contributed by atoms with E-state index in [4.69, 9.17) is 5.11 Å². The van der Waals surface area contributed by atoms with E-state index >= 15 is 0 Å². The van der Waals surface area contributed by atoms with Crippen LogP contribution in [0.15, 0.2) is 0 Å². The van der Waals surface area contributed by atoms with Gasteiger partial charge in [-0.05, 0) is 19.3 Å². The number of aliphatic hydroxyl groups excluding tert-OH is 1. The summed E-state index contributed by atoms with van der Waals surface area (Å²) < 4.78 is 0. The van der Waals surface area contributed by atoms with Crippen LogP contribution in [0.3, 0.4) is 0 Å². The molecule has 0 aliphatic rings. The van der Waals surface area contributed by atoms with Crippen molar-refractivity contribution in [2.24, 2.45) is 5.92 Å². The van der Waals surface area contributed by atoms with Crippen molar-refractivity contribution in [2.75, 3.05) is 0 Å². The van der Waals surface area contributed by atoms with Crippen molar-refractivity contribution in [1.82, 2.24) is 0 Å². The zero-order valence-electron chi connectivity index (χ0n) is 5.81. The van der Waals surface area contributed by atoms with Crippen molar-refractivity contribution in [1.29, 1.82) is 0 Å². The third-order valence-electron chi connectivity index (χ3n) is 0.813. The van der Waals surface area contributed by atoms with Crippen LogP contribution < -0.4 is 0 Å². The van der Waals surface area contributed by atoms with Gasteiger partial charge in [0.05, 0.1) is 6.10 Å². The molecule has 0 spiro atoms. The van der Waals surface area contributed by atoms with Gasteiger partial charge in [0.15, 0.2) is 0 Å². The first-order chi connectivity index (χ1) is 3.13. The Morgan fingerprint density at radius 1 is 1.25 bits per heavy atom. The maximum atomic E-state index is 8.72. The van der Waals surface area contributed by atoms with Crippen LogP contribution in [0, 0.1) is 5.92 Å². The minimum Gasteiger partial charge on any atom is -0.393 e. The summed E-state index contributed by atoms with van der Waals surface area (Å²) >= 11 is 0. The molecule has 1 unspecified atom stereocenters. The standard InChI is InChI=1S/C6H14O.Ti/c1-5(2)4-6(3)7;/h5-7H,4H2,1-3H3;. The van der Waals surface area contributed by atoms with E-state index in [-0.39, 0.29) is 27.8 Å². The monoisotopic (exact) mass is 150 g/mol. The van der Waals surface area contributed by atoms with Gasteiger partial charge in [-0.3, -0.25) is 0 Å². The van der Waals surface area contributed by atoms with Crippen LogP contribution in [-0.2, 0) is 21.7 Å². The molecule has 8 heavy (non-hydrogen) atoms. The van der Waals surface area contributed by atoms with E-state index < -0.39 is 0 Å². The molecular formula is C6H14OTi.